The van der Waals surface area contributed by atoms with E-state index in [2.05, 4.69) is 10.6 Å². The van der Waals surface area contributed by atoms with Crippen LogP contribution in [0.3, 0.4) is 0 Å². The number of aliphatic hydroxyl groups excluding tert-OH is 1. The Balaban J connectivity index is 1.29. The number of halogens is 1. The molecule has 3 N–H and O–H groups in total. The van der Waals surface area contributed by atoms with Crippen molar-refractivity contribution in [1.82, 2.24) is 24.6 Å². The number of rotatable bonds is 15. The lowest BCUT2D eigenvalue weighted by atomic mass is 9.92. The Morgan fingerprint density at radius 3 is 2.39 bits per heavy atom. The third-order valence-corrected chi connectivity index (χ3v) is 9.19. The number of carbonyl (C=O) groups is 2. The van der Waals surface area contributed by atoms with Crippen molar-refractivity contribution >= 4 is 29.4 Å². The summed E-state index contributed by atoms with van der Waals surface area (Å²) < 4.78 is 20.2. The van der Waals surface area contributed by atoms with E-state index in [-0.39, 0.29) is 49.2 Å². The minimum absolute atomic E-state index is 0.0752. The van der Waals surface area contributed by atoms with E-state index < -0.39 is 17.6 Å². The summed E-state index contributed by atoms with van der Waals surface area (Å²) in [6.07, 6.45) is 0. The zero-order chi connectivity index (χ0) is 40.6. The number of carbonyl (C=O) groups excluding carboxylic acids is 2. The van der Waals surface area contributed by atoms with Crippen LogP contribution >= 0.6 is 11.6 Å². The van der Waals surface area contributed by atoms with Gasteiger partial charge in [-0.15, -0.1) is 0 Å². The van der Waals surface area contributed by atoms with Gasteiger partial charge in [0.1, 0.15) is 42.2 Å². The number of aromatic nitrogens is 3. The summed E-state index contributed by atoms with van der Waals surface area (Å²) in [5.41, 5.74) is 4.40. The molecule has 5 aromatic rings. The molecule has 296 valence electrons. The van der Waals surface area contributed by atoms with Crippen molar-refractivity contribution in [3.05, 3.63) is 128 Å². The smallest absolute Gasteiger partial charge is 0.338 e. The molecule has 0 saturated carbocycles. The zero-order valence-electron chi connectivity index (χ0n) is 32.8. The van der Waals surface area contributed by atoms with E-state index in [4.69, 9.17) is 30.9 Å². The van der Waals surface area contributed by atoms with E-state index in [1.54, 1.807) is 48.0 Å². The lowest BCUT2D eigenvalue weighted by Gasteiger charge is -2.18. The maximum atomic E-state index is 13.7. The number of amides is 2. The first-order valence-electron chi connectivity index (χ1n) is 18.2. The molecular weight excluding hydrogens is 736 g/mol. The van der Waals surface area contributed by atoms with Gasteiger partial charge in [0, 0.05) is 42.4 Å². The van der Waals surface area contributed by atoms with E-state index >= 15 is 0 Å². The minimum Gasteiger partial charge on any atom is -0.491 e. The fourth-order valence-electron chi connectivity index (χ4n) is 5.73. The number of likely N-dealkylation sites (N-methyl/N-ethyl adjacent to an activating group) is 1. The van der Waals surface area contributed by atoms with E-state index in [0.717, 1.165) is 22.4 Å². The van der Waals surface area contributed by atoms with Gasteiger partial charge in [-0.05, 0) is 68.9 Å². The maximum absolute atomic E-state index is 13.7. The van der Waals surface area contributed by atoms with Gasteiger partial charge in [-0.2, -0.15) is 5.10 Å². The molecule has 3 aromatic carbocycles. The second kappa shape index (κ2) is 18.3. The topological polar surface area (TPSA) is 149 Å². The van der Waals surface area contributed by atoms with E-state index in [1.807, 2.05) is 89.2 Å². The van der Waals surface area contributed by atoms with Gasteiger partial charge in [0.15, 0.2) is 0 Å². The van der Waals surface area contributed by atoms with Crippen molar-refractivity contribution < 1.29 is 28.9 Å². The molecular formula is C42H49ClN6O7. The van der Waals surface area contributed by atoms with Crippen molar-refractivity contribution in [3.63, 3.8) is 0 Å². The fraction of sp³-hybridized carbons (Fsp3) is 0.333. The van der Waals surface area contributed by atoms with Gasteiger partial charge < -0.3 is 29.5 Å². The minimum atomic E-state index is -0.493. The molecule has 0 unspecified atom stereocenters. The van der Waals surface area contributed by atoms with Crippen LogP contribution in [0.25, 0.3) is 11.4 Å². The van der Waals surface area contributed by atoms with Gasteiger partial charge in [0.25, 0.3) is 5.56 Å². The lowest BCUT2D eigenvalue weighted by molar-refractivity contribution is 0.0481. The Morgan fingerprint density at radius 2 is 1.68 bits per heavy atom. The molecule has 56 heavy (non-hydrogen) atoms. The second-order valence-corrected chi connectivity index (χ2v) is 14.9. The van der Waals surface area contributed by atoms with Gasteiger partial charge in [-0.1, -0.05) is 68.8 Å². The van der Waals surface area contributed by atoms with E-state index in [1.165, 1.54) is 4.57 Å². The van der Waals surface area contributed by atoms with Gasteiger partial charge in [0.05, 0.1) is 29.2 Å². The largest absolute Gasteiger partial charge is 0.491 e. The quantitative estimate of drug-likeness (QED) is 0.100. The predicted octanol–water partition coefficient (Wildman–Crippen LogP) is 6.58. The van der Waals surface area contributed by atoms with Crippen molar-refractivity contribution in [2.45, 2.75) is 53.2 Å². The number of pyridine rings is 1. The molecule has 0 aliphatic heterocycles. The summed E-state index contributed by atoms with van der Waals surface area (Å²) in [7, 11) is 3.79. The molecule has 0 spiro atoms. The number of anilines is 1. The zero-order valence-corrected chi connectivity index (χ0v) is 33.6. The summed E-state index contributed by atoms with van der Waals surface area (Å²) in [6, 6.07) is 22.9. The number of esters is 1. The number of ether oxygens (including phenoxy) is 3. The Hall–Kier alpha value is -5.63. The molecule has 0 bridgehead atoms. The van der Waals surface area contributed by atoms with Gasteiger partial charge in [0.2, 0.25) is 0 Å². The monoisotopic (exact) mass is 784 g/mol. The summed E-state index contributed by atoms with van der Waals surface area (Å²) in [5, 5.41) is 19.7. The lowest BCUT2D eigenvalue weighted by Crippen LogP contribution is -2.29. The number of nitrogens with zero attached hydrogens (tertiary/aromatic N) is 4. The SMILES string of the molecule is Cc1ccc(C(=O)OCCN(C)C)cc1-n1c(C)cc(OCc2ccccc2CNC(=O)Nc2cc(C(C)(C)C)nn2-c2cccc(OCCO)c2)c(Cl)c1=O. The summed E-state index contributed by atoms with van der Waals surface area (Å²) in [6.45, 7) is 10.8. The Bertz CT molecular complexity index is 2240. The maximum Gasteiger partial charge on any atom is 0.338 e. The molecule has 2 aromatic heterocycles. The van der Waals surface area contributed by atoms with E-state index in [9.17, 15) is 19.5 Å². The first kappa shape index (κ1) is 41.5. The molecule has 0 aliphatic rings. The average molecular weight is 785 g/mol. The normalized spacial score (nSPS) is 11.4. The summed E-state index contributed by atoms with van der Waals surface area (Å²) in [4.78, 5) is 41.7. The molecule has 0 atom stereocenters. The molecule has 13 nitrogen and oxygen atoms in total. The highest BCUT2D eigenvalue weighted by molar-refractivity contribution is 6.31. The van der Waals surface area contributed by atoms with E-state index in [0.29, 0.717) is 40.7 Å². The van der Waals surface area contributed by atoms with Crippen molar-refractivity contribution in [2.75, 3.05) is 45.8 Å². The number of aryl methyl sites for hydroxylation is 2. The number of hydrogen-bond acceptors (Lipinski definition) is 9. The molecule has 0 radical (unpaired) electrons. The van der Waals surface area contributed by atoms with Crippen molar-refractivity contribution in [3.8, 4) is 22.9 Å². The third-order valence-electron chi connectivity index (χ3n) is 8.84. The van der Waals surface area contributed by atoms with Gasteiger partial charge >= 0.3 is 12.0 Å². The Kier molecular flexibility index (Phi) is 13.6. The molecule has 2 amide bonds. The second-order valence-electron chi connectivity index (χ2n) is 14.6. The van der Waals surface area contributed by atoms with Gasteiger partial charge in [-0.3, -0.25) is 14.7 Å². The first-order chi connectivity index (χ1) is 26.7. The first-order valence-corrected chi connectivity index (χ1v) is 18.6. The number of benzene rings is 3. The highest BCUT2D eigenvalue weighted by Gasteiger charge is 2.22. The Morgan fingerprint density at radius 1 is 0.929 bits per heavy atom. The van der Waals surface area contributed by atoms with Crippen LogP contribution in [0.2, 0.25) is 5.02 Å². The summed E-state index contributed by atoms with van der Waals surface area (Å²) in [5.74, 6) is 0.747. The van der Waals surface area contributed by atoms with Crippen LogP contribution in [0.5, 0.6) is 11.5 Å². The van der Waals surface area contributed by atoms with Crippen LogP contribution in [-0.4, -0.2) is 76.8 Å². The molecule has 0 saturated heterocycles. The van der Waals surface area contributed by atoms with Gasteiger partial charge in [-0.25, -0.2) is 14.3 Å². The van der Waals surface area contributed by atoms with Crippen LogP contribution < -0.4 is 25.7 Å². The van der Waals surface area contributed by atoms with Crippen molar-refractivity contribution in [2.24, 2.45) is 0 Å². The van der Waals surface area contributed by atoms with Crippen LogP contribution in [0.1, 0.15) is 59.2 Å². The average Bonchev–Trinajstić information content (AvgIpc) is 3.59. The number of hydrogen-bond donors (Lipinski definition) is 3. The summed E-state index contributed by atoms with van der Waals surface area (Å²) >= 11 is 6.63. The van der Waals surface area contributed by atoms with Crippen LogP contribution in [0.4, 0.5) is 10.6 Å². The van der Waals surface area contributed by atoms with Crippen LogP contribution in [-0.2, 0) is 23.3 Å². The molecule has 14 heteroatoms. The fourth-order valence-corrected chi connectivity index (χ4v) is 5.93. The predicted molar refractivity (Wildman–Crippen MR) is 217 cm³/mol. The Labute approximate surface area is 331 Å². The molecule has 0 fully saturated rings. The molecule has 0 aliphatic carbocycles. The number of urea groups is 1. The highest BCUT2D eigenvalue weighted by Crippen LogP contribution is 2.29. The standard InChI is InChI=1S/C42H49ClN6O7/c1-27-15-16-29(40(52)55-19-17-47(6)7)22-34(27)48-28(2)21-35(38(43)39(48)51)56-26-31-12-9-8-11-30(31)25-44-41(53)45-37-24-36(42(3,4)5)46-49(37)32-13-10-14-33(23-32)54-20-18-50/h8-16,21-24,50H,17-20,25-26H2,1-7H3,(H2,44,45,53). The number of nitrogens with one attached hydrogen (secondary N) is 2. The molecule has 5 rings (SSSR count). The highest BCUT2D eigenvalue weighted by atomic mass is 35.5. The third kappa shape index (κ3) is 10.4. The van der Waals surface area contributed by atoms with Crippen LogP contribution in [0, 0.1) is 13.8 Å². The number of aliphatic hydroxyl groups is 1. The van der Waals surface area contributed by atoms with Crippen LogP contribution in [0.15, 0.2) is 83.7 Å². The van der Waals surface area contributed by atoms with Crippen molar-refractivity contribution in [1.29, 1.82) is 0 Å². The molecule has 2 heterocycles.